The van der Waals surface area contributed by atoms with Gasteiger partial charge in [-0.1, -0.05) is 23.8 Å². The second-order valence-electron chi connectivity index (χ2n) is 6.84. The molecule has 1 aliphatic rings. The molecular formula is C24H13F5O2. The van der Waals surface area contributed by atoms with Crippen molar-refractivity contribution in [3.05, 3.63) is 82.2 Å². The lowest BCUT2D eigenvalue weighted by atomic mass is 10.0. The zero-order valence-electron chi connectivity index (χ0n) is 15.8. The molecule has 1 fully saturated rings. The topological polar surface area (TPSA) is 18.5 Å². The molecule has 0 amide bonds. The Morgan fingerprint density at radius 1 is 0.806 bits per heavy atom. The molecule has 3 aromatic rings. The minimum atomic E-state index is -1.57. The molecule has 0 aromatic heterocycles. The number of fused-ring (bicyclic) bond motifs is 1. The Kier molecular flexibility index (Phi) is 5.65. The minimum Gasteiger partial charge on any atom is -0.367 e. The van der Waals surface area contributed by atoms with E-state index in [0.29, 0.717) is 0 Å². The van der Waals surface area contributed by atoms with E-state index < -0.39 is 46.9 Å². The summed E-state index contributed by atoms with van der Waals surface area (Å²) >= 11 is 0. The van der Waals surface area contributed by atoms with Gasteiger partial charge in [0.1, 0.15) is 23.8 Å². The van der Waals surface area contributed by atoms with Crippen LogP contribution in [0.3, 0.4) is 0 Å². The predicted molar refractivity (Wildman–Crippen MR) is 103 cm³/mol. The molecule has 0 bridgehead atoms. The average molecular weight is 428 g/mol. The molecule has 31 heavy (non-hydrogen) atoms. The molecule has 2 atom stereocenters. The number of hydrogen-bond acceptors (Lipinski definition) is 2. The molecule has 0 aliphatic carbocycles. The van der Waals surface area contributed by atoms with Crippen LogP contribution in [0, 0.1) is 53.3 Å². The molecule has 1 aliphatic heterocycles. The Balaban J connectivity index is 1.62. The fourth-order valence-electron chi connectivity index (χ4n) is 3.21. The molecule has 1 heterocycles. The third-order valence-corrected chi connectivity index (χ3v) is 4.82. The predicted octanol–water partition coefficient (Wildman–Crippen LogP) is 5.02. The van der Waals surface area contributed by atoms with Crippen molar-refractivity contribution in [3.8, 4) is 24.2 Å². The Labute approximate surface area is 174 Å². The van der Waals surface area contributed by atoms with Crippen molar-refractivity contribution >= 4 is 10.8 Å². The molecule has 2 nitrogen and oxygen atoms in total. The van der Waals surface area contributed by atoms with Crippen molar-refractivity contribution in [2.75, 3.05) is 13.2 Å². The standard InChI is InChI=1S/C24H13F5O2/c1-2-16-11-31-22(12-30-16)15-9-19(25)18(20(26)10-15)6-4-13-3-5-17-14(7-13)8-21(27)24(29)23(17)28/h1,3,5,7-10,16,22H,11-12H2/t16-,22-/m1/s1. The van der Waals surface area contributed by atoms with Crippen LogP contribution in [-0.4, -0.2) is 19.3 Å². The largest absolute Gasteiger partial charge is 0.367 e. The summed E-state index contributed by atoms with van der Waals surface area (Å²) in [6.07, 6.45) is 4.08. The first-order valence-electron chi connectivity index (χ1n) is 9.15. The summed E-state index contributed by atoms with van der Waals surface area (Å²) in [6.45, 7) is 0.169. The number of halogens is 5. The van der Waals surface area contributed by atoms with Crippen molar-refractivity contribution in [3.63, 3.8) is 0 Å². The Bertz CT molecular complexity index is 1250. The molecule has 0 radical (unpaired) electrons. The van der Waals surface area contributed by atoms with Crippen LogP contribution < -0.4 is 0 Å². The molecule has 1 saturated heterocycles. The normalized spacial score (nSPS) is 18.3. The SMILES string of the molecule is C#C[C@@H]1CO[C@@H](c2cc(F)c(C#Cc3ccc4c(F)c(F)c(F)cc4c3)c(F)c2)CO1. The highest BCUT2D eigenvalue weighted by molar-refractivity contribution is 5.84. The van der Waals surface area contributed by atoms with Crippen LogP contribution in [0.5, 0.6) is 0 Å². The van der Waals surface area contributed by atoms with E-state index in [0.717, 1.165) is 18.2 Å². The van der Waals surface area contributed by atoms with Crippen LogP contribution in [0.2, 0.25) is 0 Å². The second kappa shape index (κ2) is 8.39. The monoisotopic (exact) mass is 428 g/mol. The summed E-state index contributed by atoms with van der Waals surface area (Å²) in [4.78, 5) is 0. The molecule has 0 N–H and O–H groups in total. The summed E-state index contributed by atoms with van der Waals surface area (Å²) < 4.78 is 80.4. The maximum Gasteiger partial charge on any atom is 0.195 e. The number of terminal acetylenes is 1. The van der Waals surface area contributed by atoms with E-state index in [-0.39, 0.29) is 35.1 Å². The molecule has 0 unspecified atom stereocenters. The van der Waals surface area contributed by atoms with Gasteiger partial charge in [-0.15, -0.1) is 6.42 Å². The maximum atomic E-state index is 14.5. The minimum absolute atomic E-state index is 0.0591. The summed E-state index contributed by atoms with van der Waals surface area (Å²) in [5.41, 5.74) is 0.0124. The molecule has 156 valence electrons. The lowest BCUT2D eigenvalue weighted by molar-refractivity contribution is -0.115. The van der Waals surface area contributed by atoms with E-state index in [2.05, 4.69) is 17.8 Å². The smallest absolute Gasteiger partial charge is 0.195 e. The fraction of sp³-hybridized carbons (Fsp3) is 0.167. The average Bonchev–Trinajstić information content (AvgIpc) is 2.77. The van der Waals surface area contributed by atoms with Gasteiger partial charge >= 0.3 is 0 Å². The Hall–Kier alpha value is -3.39. The Morgan fingerprint density at radius 3 is 2.19 bits per heavy atom. The van der Waals surface area contributed by atoms with E-state index >= 15 is 0 Å². The lowest BCUT2D eigenvalue weighted by Crippen LogP contribution is -2.30. The van der Waals surface area contributed by atoms with Crippen LogP contribution in [-0.2, 0) is 9.47 Å². The molecule has 7 heteroatoms. The van der Waals surface area contributed by atoms with Crippen molar-refractivity contribution < 1.29 is 31.4 Å². The van der Waals surface area contributed by atoms with Crippen molar-refractivity contribution in [1.29, 1.82) is 0 Å². The molecule has 0 saturated carbocycles. The van der Waals surface area contributed by atoms with E-state index in [1.54, 1.807) is 0 Å². The maximum absolute atomic E-state index is 14.5. The Morgan fingerprint density at radius 2 is 1.55 bits per heavy atom. The van der Waals surface area contributed by atoms with Crippen molar-refractivity contribution in [1.82, 2.24) is 0 Å². The van der Waals surface area contributed by atoms with Gasteiger partial charge in [0.2, 0.25) is 0 Å². The van der Waals surface area contributed by atoms with Crippen molar-refractivity contribution in [2.45, 2.75) is 12.2 Å². The van der Waals surface area contributed by atoms with Gasteiger partial charge in [-0.05, 0) is 41.3 Å². The highest BCUT2D eigenvalue weighted by atomic mass is 19.2. The van der Waals surface area contributed by atoms with Crippen molar-refractivity contribution in [2.24, 2.45) is 0 Å². The number of ether oxygens (including phenoxy) is 2. The van der Waals surface area contributed by atoms with Gasteiger partial charge in [0, 0.05) is 10.9 Å². The third kappa shape index (κ3) is 4.11. The van der Waals surface area contributed by atoms with Crippen LogP contribution in [0.1, 0.15) is 22.8 Å². The summed E-state index contributed by atoms with van der Waals surface area (Å²) in [6, 6.07) is 6.89. The van der Waals surface area contributed by atoms with Crippen LogP contribution >= 0.6 is 0 Å². The highest BCUT2D eigenvalue weighted by Gasteiger charge is 2.24. The number of benzene rings is 3. The van der Waals surface area contributed by atoms with Gasteiger partial charge < -0.3 is 9.47 Å². The van der Waals surface area contributed by atoms with Crippen LogP contribution in [0.25, 0.3) is 10.8 Å². The fourth-order valence-corrected chi connectivity index (χ4v) is 3.21. The second-order valence-corrected chi connectivity index (χ2v) is 6.84. The first kappa shape index (κ1) is 20.9. The zero-order valence-corrected chi connectivity index (χ0v) is 15.8. The zero-order chi connectivity index (χ0) is 22.1. The van der Waals surface area contributed by atoms with Gasteiger partial charge in [-0.25, -0.2) is 22.0 Å². The van der Waals surface area contributed by atoms with E-state index in [1.807, 2.05) is 0 Å². The van der Waals surface area contributed by atoms with Gasteiger partial charge in [0.25, 0.3) is 0 Å². The quantitative estimate of drug-likeness (QED) is 0.308. The first-order valence-corrected chi connectivity index (χ1v) is 9.15. The molecule has 3 aromatic carbocycles. The molecule has 4 rings (SSSR count). The van der Waals surface area contributed by atoms with Gasteiger partial charge in [0.05, 0.1) is 18.8 Å². The third-order valence-electron chi connectivity index (χ3n) is 4.82. The van der Waals surface area contributed by atoms with E-state index in [4.69, 9.17) is 15.9 Å². The van der Waals surface area contributed by atoms with Crippen LogP contribution in [0.4, 0.5) is 22.0 Å². The molecular weight excluding hydrogens is 415 g/mol. The van der Waals surface area contributed by atoms with E-state index in [9.17, 15) is 22.0 Å². The number of hydrogen-bond donors (Lipinski definition) is 0. The summed E-state index contributed by atoms with van der Waals surface area (Å²) in [5, 5.41) is -0.0628. The summed E-state index contributed by atoms with van der Waals surface area (Å²) in [7, 11) is 0. The first-order chi connectivity index (χ1) is 14.9. The van der Waals surface area contributed by atoms with Gasteiger partial charge in [-0.2, -0.15) is 0 Å². The van der Waals surface area contributed by atoms with Crippen LogP contribution in [0.15, 0.2) is 36.4 Å². The molecule has 0 spiro atoms. The van der Waals surface area contributed by atoms with Gasteiger partial charge in [0.15, 0.2) is 17.5 Å². The summed E-state index contributed by atoms with van der Waals surface area (Å²) in [5.74, 6) is 1.30. The highest BCUT2D eigenvalue weighted by Crippen LogP contribution is 2.27. The van der Waals surface area contributed by atoms with Gasteiger partial charge in [-0.3, -0.25) is 0 Å². The number of rotatable bonds is 1. The van der Waals surface area contributed by atoms with E-state index in [1.165, 1.54) is 18.2 Å². The lowest BCUT2D eigenvalue weighted by Gasteiger charge is -2.27.